The summed E-state index contributed by atoms with van der Waals surface area (Å²) in [5.41, 5.74) is 1.83. The number of ketones is 1. The molecule has 2 aromatic rings. The molecule has 1 N–H and O–H groups in total. The summed E-state index contributed by atoms with van der Waals surface area (Å²) < 4.78 is 5.52. The van der Waals surface area contributed by atoms with Crippen LogP contribution in [0, 0.1) is 11.3 Å². The van der Waals surface area contributed by atoms with Gasteiger partial charge in [-0.1, -0.05) is 0 Å². The molecule has 0 spiro atoms. The molecule has 3 rings (SSSR count). The number of ether oxygens (including phenoxy) is 1. The largest absolute Gasteiger partial charge is 0.378 e. The number of fused-ring (bicyclic) bond motifs is 1. The number of hydrogen-bond acceptors (Lipinski definition) is 3. The molecular weight excluding hydrogens is 252 g/mol. The maximum Gasteiger partial charge on any atom is 0.167 e. The van der Waals surface area contributed by atoms with Crippen molar-refractivity contribution in [2.45, 2.75) is 31.3 Å². The fraction of sp³-hybridized carbons (Fsp3) is 0.375. The quantitative estimate of drug-likeness (QED) is 0.866. The lowest BCUT2D eigenvalue weighted by atomic mass is 9.76. The third-order valence-corrected chi connectivity index (χ3v) is 4.29. The van der Waals surface area contributed by atoms with Crippen LogP contribution in [0.5, 0.6) is 0 Å². The van der Waals surface area contributed by atoms with Gasteiger partial charge in [0.15, 0.2) is 5.78 Å². The van der Waals surface area contributed by atoms with Gasteiger partial charge in [-0.15, -0.1) is 0 Å². The van der Waals surface area contributed by atoms with E-state index in [4.69, 9.17) is 10.00 Å². The van der Waals surface area contributed by atoms with Gasteiger partial charge in [-0.05, 0) is 37.5 Å². The number of carbonyl (C=O) groups is 1. The molecule has 0 bridgehead atoms. The minimum Gasteiger partial charge on any atom is -0.378 e. The highest BCUT2D eigenvalue weighted by atomic mass is 16.5. The van der Waals surface area contributed by atoms with Gasteiger partial charge in [-0.2, -0.15) is 5.26 Å². The topological polar surface area (TPSA) is 65.9 Å². The second-order valence-corrected chi connectivity index (χ2v) is 5.42. The monoisotopic (exact) mass is 268 g/mol. The number of carbonyl (C=O) groups excluding carboxylic acids is 1. The van der Waals surface area contributed by atoms with Gasteiger partial charge in [0, 0.05) is 36.2 Å². The summed E-state index contributed by atoms with van der Waals surface area (Å²) in [4.78, 5) is 15.6. The van der Waals surface area contributed by atoms with Crippen LogP contribution in [0.4, 0.5) is 0 Å². The molecule has 102 valence electrons. The molecule has 4 nitrogen and oxygen atoms in total. The number of rotatable bonds is 4. The van der Waals surface area contributed by atoms with E-state index in [9.17, 15) is 4.79 Å². The van der Waals surface area contributed by atoms with Crippen molar-refractivity contribution < 1.29 is 9.53 Å². The first kappa shape index (κ1) is 12.9. The third-order valence-electron chi connectivity index (χ3n) is 4.29. The Morgan fingerprint density at radius 3 is 2.90 bits per heavy atom. The van der Waals surface area contributed by atoms with Gasteiger partial charge in [0.05, 0.1) is 17.2 Å². The summed E-state index contributed by atoms with van der Waals surface area (Å²) in [7, 11) is 1.68. The number of nitrogens with one attached hydrogen (secondary N) is 1. The van der Waals surface area contributed by atoms with Crippen molar-refractivity contribution >= 4 is 16.7 Å². The van der Waals surface area contributed by atoms with E-state index < -0.39 is 0 Å². The molecule has 1 fully saturated rings. The minimum atomic E-state index is -0.270. The average Bonchev–Trinajstić information content (AvgIpc) is 2.85. The number of nitriles is 1. The molecule has 0 amide bonds. The summed E-state index contributed by atoms with van der Waals surface area (Å²) in [6.45, 7) is 0. The van der Waals surface area contributed by atoms with Crippen LogP contribution < -0.4 is 0 Å². The predicted octanol–water partition coefficient (Wildman–Crippen LogP) is 3.18. The average molecular weight is 268 g/mol. The van der Waals surface area contributed by atoms with Crippen molar-refractivity contribution in [1.29, 1.82) is 5.26 Å². The Labute approximate surface area is 117 Å². The molecule has 1 aromatic carbocycles. The van der Waals surface area contributed by atoms with Crippen LogP contribution in [0.25, 0.3) is 10.9 Å². The Morgan fingerprint density at radius 1 is 1.50 bits per heavy atom. The first-order chi connectivity index (χ1) is 9.67. The molecule has 0 saturated heterocycles. The van der Waals surface area contributed by atoms with E-state index in [0.717, 1.165) is 30.2 Å². The molecule has 1 heterocycles. The van der Waals surface area contributed by atoms with E-state index in [1.165, 1.54) is 0 Å². The van der Waals surface area contributed by atoms with Crippen LogP contribution in [0.2, 0.25) is 0 Å². The standard InChI is InChI=1S/C16H16N2O2/c1-20-16(5-2-6-16)8-15(19)13-10-18-14-4-3-11(9-17)7-12(13)14/h3-4,7,10,18H,2,5-6,8H2,1H3. The summed E-state index contributed by atoms with van der Waals surface area (Å²) in [5.74, 6) is 0.0767. The molecule has 0 radical (unpaired) electrons. The molecule has 0 aliphatic heterocycles. The van der Waals surface area contributed by atoms with Crippen molar-refractivity contribution in [2.75, 3.05) is 7.11 Å². The van der Waals surface area contributed by atoms with E-state index >= 15 is 0 Å². The van der Waals surface area contributed by atoms with E-state index in [-0.39, 0.29) is 11.4 Å². The number of aromatic amines is 1. The molecule has 0 atom stereocenters. The zero-order chi connectivity index (χ0) is 14.2. The lowest BCUT2D eigenvalue weighted by Crippen LogP contribution is -2.41. The van der Waals surface area contributed by atoms with Crippen molar-refractivity contribution in [2.24, 2.45) is 0 Å². The highest BCUT2D eigenvalue weighted by Gasteiger charge is 2.39. The van der Waals surface area contributed by atoms with Crippen molar-refractivity contribution in [3.05, 3.63) is 35.5 Å². The number of H-pyrrole nitrogens is 1. The Bertz CT molecular complexity index is 699. The van der Waals surface area contributed by atoms with Gasteiger partial charge in [0.25, 0.3) is 0 Å². The highest BCUT2D eigenvalue weighted by Crippen LogP contribution is 2.39. The Morgan fingerprint density at radius 2 is 2.30 bits per heavy atom. The van der Waals surface area contributed by atoms with Gasteiger partial charge in [-0.3, -0.25) is 4.79 Å². The maximum absolute atomic E-state index is 12.5. The van der Waals surface area contributed by atoms with Crippen molar-refractivity contribution in [3.8, 4) is 6.07 Å². The van der Waals surface area contributed by atoms with Crippen LogP contribution in [0.15, 0.2) is 24.4 Å². The van der Waals surface area contributed by atoms with Gasteiger partial charge < -0.3 is 9.72 Å². The number of hydrogen-bond donors (Lipinski definition) is 1. The second kappa shape index (κ2) is 4.77. The number of benzene rings is 1. The lowest BCUT2D eigenvalue weighted by molar-refractivity contribution is -0.0704. The van der Waals surface area contributed by atoms with E-state index in [1.54, 1.807) is 25.4 Å². The molecule has 4 heteroatoms. The first-order valence-electron chi connectivity index (χ1n) is 6.77. The number of aromatic nitrogens is 1. The molecule has 20 heavy (non-hydrogen) atoms. The van der Waals surface area contributed by atoms with E-state index in [1.807, 2.05) is 6.07 Å². The minimum absolute atomic E-state index is 0.0767. The van der Waals surface area contributed by atoms with Gasteiger partial charge in [0.2, 0.25) is 0 Å². The normalized spacial score (nSPS) is 16.6. The zero-order valence-corrected chi connectivity index (χ0v) is 11.4. The van der Waals surface area contributed by atoms with Crippen LogP contribution in [-0.4, -0.2) is 23.5 Å². The van der Waals surface area contributed by atoms with Crippen LogP contribution >= 0.6 is 0 Å². The highest BCUT2D eigenvalue weighted by molar-refractivity contribution is 6.08. The first-order valence-corrected chi connectivity index (χ1v) is 6.77. The molecule has 1 saturated carbocycles. The van der Waals surface area contributed by atoms with Crippen molar-refractivity contribution in [1.82, 2.24) is 4.98 Å². The Hall–Kier alpha value is -2.12. The SMILES string of the molecule is COC1(CC(=O)c2c[nH]c3ccc(C#N)cc23)CCC1. The second-order valence-electron chi connectivity index (χ2n) is 5.42. The summed E-state index contributed by atoms with van der Waals surface area (Å²) >= 11 is 0. The van der Waals surface area contributed by atoms with Gasteiger partial charge in [0.1, 0.15) is 0 Å². The lowest BCUT2D eigenvalue weighted by Gasteiger charge is -2.40. The summed E-state index contributed by atoms with van der Waals surface area (Å²) in [6.07, 6.45) is 5.15. The van der Waals surface area contributed by atoms with E-state index in [2.05, 4.69) is 11.1 Å². The van der Waals surface area contributed by atoms with Gasteiger partial charge in [-0.25, -0.2) is 0 Å². The van der Waals surface area contributed by atoms with E-state index in [0.29, 0.717) is 17.5 Å². The fourth-order valence-corrected chi connectivity index (χ4v) is 2.83. The number of Topliss-reactive ketones (excluding diaryl/α,β-unsaturated/α-hetero) is 1. The van der Waals surface area contributed by atoms with Gasteiger partial charge >= 0.3 is 0 Å². The zero-order valence-electron chi connectivity index (χ0n) is 11.4. The fourth-order valence-electron chi connectivity index (χ4n) is 2.83. The summed E-state index contributed by atoms with van der Waals surface area (Å²) in [6, 6.07) is 7.45. The smallest absolute Gasteiger partial charge is 0.167 e. The van der Waals surface area contributed by atoms with Crippen LogP contribution in [0.1, 0.15) is 41.6 Å². The van der Waals surface area contributed by atoms with Crippen LogP contribution in [0.3, 0.4) is 0 Å². The number of methoxy groups -OCH3 is 1. The summed E-state index contributed by atoms with van der Waals surface area (Å²) in [5, 5.41) is 9.79. The maximum atomic E-state index is 12.5. The van der Waals surface area contributed by atoms with Crippen LogP contribution in [-0.2, 0) is 4.74 Å². The number of nitrogens with zero attached hydrogens (tertiary/aromatic N) is 1. The predicted molar refractivity (Wildman–Crippen MR) is 75.6 cm³/mol. The molecule has 1 aliphatic carbocycles. The molecule has 1 aromatic heterocycles. The molecular formula is C16H16N2O2. The van der Waals surface area contributed by atoms with Crippen molar-refractivity contribution in [3.63, 3.8) is 0 Å². The molecule has 1 aliphatic rings. The molecule has 0 unspecified atom stereocenters. The Balaban J connectivity index is 1.93. The Kier molecular flexibility index (Phi) is 3.07. The third kappa shape index (κ3) is 2.00.